The fourth-order valence-electron chi connectivity index (χ4n) is 2.95. The number of nitrogens with one attached hydrogen (secondary N) is 1. The summed E-state index contributed by atoms with van der Waals surface area (Å²) in [5.41, 5.74) is 0.356. The monoisotopic (exact) mass is 315 g/mol. The van der Waals surface area contributed by atoms with E-state index in [0.717, 1.165) is 10.1 Å². The molecule has 7 heteroatoms. The third-order valence-electron chi connectivity index (χ3n) is 4.19. The van der Waals surface area contributed by atoms with Crippen molar-refractivity contribution in [1.82, 2.24) is 9.13 Å². The van der Waals surface area contributed by atoms with Crippen LogP contribution in [0.25, 0.3) is 0 Å². The number of methoxy groups -OCH3 is 1. The summed E-state index contributed by atoms with van der Waals surface area (Å²) < 4.78 is 7.57. The molecule has 120 valence electrons. The maximum absolute atomic E-state index is 12.6. The summed E-state index contributed by atoms with van der Waals surface area (Å²) in [6.07, 6.45) is 0.146. The van der Waals surface area contributed by atoms with Gasteiger partial charge in [0.2, 0.25) is 5.91 Å². The molecule has 0 fully saturated rings. The summed E-state index contributed by atoms with van der Waals surface area (Å²) in [4.78, 5) is 36.7. The molecule has 1 atom stereocenters. The molecule has 1 aliphatic heterocycles. The molecule has 1 N–H and O–H groups in total. The van der Waals surface area contributed by atoms with Gasteiger partial charge in [0.1, 0.15) is 11.6 Å². The molecule has 0 unspecified atom stereocenters. The molecule has 1 aromatic heterocycles. The lowest BCUT2D eigenvalue weighted by Gasteiger charge is -2.27. The number of benzene rings is 1. The molecule has 1 aromatic carbocycles. The molecular weight excluding hydrogens is 298 g/mol. The highest BCUT2D eigenvalue weighted by molar-refractivity contribution is 5.94. The van der Waals surface area contributed by atoms with E-state index in [1.165, 1.54) is 18.7 Å². The fraction of sp³-hybridized carbons (Fsp3) is 0.312. The zero-order chi connectivity index (χ0) is 16.7. The maximum atomic E-state index is 12.6. The van der Waals surface area contributed by atoms with Crippen molar-refractivity contribution in [3.05, 3.63) is 56.2 Å². The third-order valence-corrected chi connectivity index (χ3v) is 4.19. The number of hydrogen-bond donors (Lipinski definition) is 1. The summed E-state index contributed by atoms with van der Waals surface area (Å²) in [7, 11) is 4.53. The number of nitrogens with zero attached hydrogens (tertiary/aromatic N) is 2. The molecule has 2 aromatic rings. The van der Waals surface area contributed by atoms with Crippen LogP contribution in [-0.4, -0.2) is 22.2 Å². The Kier molecular flexibility index (Phi) is 3.55. The van der Waals surface area contributed by atoms with Crippen LogP contribution in [-0.2, 0) is 18.9 Å². The van der Waals surface area contributed by atoms with Crippen LogP contribution >= 0.6 is 0 Å². The summed E-state index contributed by atoms with van der Waals surface area (Å²) in [5.74, 6) is 0.270. The van der Waals surface area contributed by atoms with Crippen molar-refractivity contribution in [1.29, 1.82) is 0 Å². The minimum absolute atomic E-state index is 0.146. The first-order valence-electron chi connectivity index (χ1n) is 7.17. The number of rotatable bonds is 2. The third kappa shape index (κ3) is 2.34. The molecule has 23 heavy (non-hydrogen) atoms. The number of ether oxygens (including phenoxy) is 1. The summed E-state index contributed by atoms with van der Waals surface area (Å²) in [6, 6.07) is 7.26. The summed E-state index contributed by atoms with van der Waals surface area (Å²) in [5, 5.41) is 2.64. The molecule has 0 saturated carbocycles. The molecular formula is C16H17N3O4. The fourth-order valence-corrected chi connectivity index (χ4v) is 2.95. The molecule has 1 aliphatic rings. The zero-order valence-corrected chi connectivity index (χ0v) is 13.1. The molecule has 0 radical (unpaired) electrons. The van der Waals surface area contributed by atoms with Crippen LogP contribution in [0.3, 0.4) is 0 Å². The van der Waals surface area contributed by atoms with Gasteiger partial charge < -0.3 is 10.1 Å². The minimum Gasteiger partial charge on any atom is -0.497 e. The summed E-state index contributed by atoms with van der Waals surface area (Å²) >= 11 is 0. The van der Waals surface area contributed by atoms with Crippen LogP contribution in [0.4, 0.5) is 5.82 Å². The van der Waals surface area contributed by atoms with Crippen LogP contribution < -0.4 is 21.3 Å². The van der Waals surface area contributed by atoms with E-state index in [1.54, 1.807) is 19.2 Å². The number of carbonyl (C=O) groups excluding carboxylic acids is 1. The van der Waals surface area contributed by atoms with Crippen LogP contribution in [0.15, 0.2) is 33.9 Å². The second-order valence-corrected chi connectivity index (χ2v) is 5.55. The first-order valence-corrected chi connectivity index (χ1v) is 7.17. The standard InChI is InChI=1S/C16H17N3O4/c1-18-14-13(15(21)19(2)16(18)22)11(8-12(20)17-14)9-5-4-6-10(7-9)23-3/h4-7,11H,8H2,1-3H3,(H,17,20)/t11-/m1/s1. The first-order chi connectivity index (χ1) is 10.9. The quantitative estimate of drug-likeness (QED) is 0.878. The number of fused-ring (bicyclic) bond motifs is 1. The van der Waals surface area contributed by atoms with E-state index in [1.807, 2.05) is 12.1 Å². The Morgan fingerprint density at radius 2 is 1.91 bits per heavy atom. The highest BCUT2D eigenvalue weighted by atomic mass is 16.5. The normalized spacial score (nSPS) is 16.7. The molecule has 3 rings (SSSR count). The number of aromatic nitrogens is 2. The topological polar surface area (TPSA) is 82.3 Å². The molecule has 7 nitrogen and oxygen atoms in total. The highest BCUT2D eigenvalue weighted by Gasteiger charge is 2.32. The molecule has 0 saturated heterocycles. The Labute approximate surface area is 132 Å². The number of carbonyl (C=O) groups is 1. The van der Waals surface area contributed by atoms with E-state index in [-0.39, 0.29) is 18.1 Å². The van der Waals surface area contributed by atoms with Crippen molar-refractivity contribution < 1.29 is 9.53 Å². The largest absolute Gasteiger partial charge is 0.497 e. The molecule has 0 bridgehead atoms. The number of anilines is 1. The Morgan fingerprint density at radius 1 is 1.17 bits per heavy atom. The minimum atomic E-state index is -0.472. The van der Waals surface area contributed by atoms with Crippen molar-refractivity contribution in [2.24, 2.45) is 14.1 Å². The lowest BCUT2D eigenvalue weighted by Crippen LogP contribution is -2.44. The predicted octanol–water partition coefficient (Wildman–Crippen LogP) is 0.567. The van der Waals surface area contributed by atoms with Gasteiger partial charge in [0, 0.05) is 26.4 Å². The van der Waals surface area contributed by atoms with Gasteiger partial charge in [0.05, 0.1) is 12.7 Å². The van der Waals surface area contributed by atoms with Crippen LogP contribution in [0.2, 0.25) is 0 Å². The molecule has 0 spiro atoms. The van der Waals surface area contributed by atoms with Crippen molar-refractivity contribution in [3.8, 4) is 5.75 Å². The SMILES string of the molecule is COc1cccc([C@H]2CC(=O)Nc3c2c(=O)n(C)c(=O)n3C)c1. The van der Waals surface area contributed by atoms with Crippen molar-refractivity contribution in [2.75, 3.05) is 12.4 Å². The van der Waals surface area contributed by atoms with E-state index in [0.29, 0.717) is 11.3 Å². The number of amides is 1. The van der Waals surface area contributed by atoms with Gasteiger partial charge in [-0.2, -0.15) is 0 Å². The Hall–Kier alpha value is -2.83. The Morgan fingerprint density at radius 3 is 2.61 bits per heavy atom. The second-order valence-electron chi connectivity index (χ2n) is 5.55. The predicted molar refractivity (Wildman–Crippen MR) is 85.0 cm³/mol. The van der Waals surface area contributed by atoms with Gasteiger partial charge in [-0.05, 0) is 17.7 Å². The Balaban J connectivity index is 2.29. The molecule has 1 amide bonds. The lowest BCUT2D eigenvalue weighted by atomic mass is 9.86. The number of hydrogen-bond acceptors (Lipinski definition) is 4. The van der Waals surface area contributed by atoms with Gasteiger partial charge in [-0.25, -0.2) is 4.79 Å². The van der Waals surface area contributed by atoms with E-state index < -0.39 is 17.2 Å². The van der Waals surface area contributed by atoms with Gasteiger partial charge in [-0.1, -0.05) is 12.1 Å². The molecule has 0 aliphatic carbocycles. The van der Waals surface area contributed by atoms with E-state index in [9.17, 15) is 14.4 Å². The van der Waals surface area contributed by atoms with Crippen LogP contribution in [0.1, 0.15) is 23.5 Å². The lowest BCUT2D eigenvalue weighted by molar-refractivity contribution is -0.116. The van der Waals surface area contributed by atoms with E-state index in [4.69, 9.17) is 4.74 Å². The van der Waals surface area contributed by atoms with E-state index >= 15 is 0 Å². The average molecular weight is 315 g/mol. The smallest absolute Gasteiger partial charge is 0.332 e. The van der Waals surface area contributed by atoms with Gasteiger partial charge in [0.25, 0.3) is 5.56 Å². The van der Waals surface area contributed by atoms with Crippen molar-refractivity contribution in [2.45, 2.75) is 12.3 Å². The van der Waals surface area contributed by atoms with Gasteiger partial charge >= 0.3 is 5.69 Å². The van der Waals surface area contributed by atoms with Gasteiger partial charge in [-0.15, -0.1) is 0 Å². The van der Waals surface area contributed by atoms with E-state index in [2.05, 4.69) is 5.32 Å². The first kappa shape index (κ1) is 15.1. The van der Waals surface area contributed by atoms with Crippen molar-refractivity contribution >= 4 is 11.7 Å². The van der Waals surface area contributed by atoms with Gasteiger partial charge in [0.15, 0.2) is 0 Å². The molecule has 2 heterocycles. The van der Waals surface area contributed by atoms with Crippen LogP contribution in [0.5, 0.6) is 5.75 Å². The van der Waals surface area contributed by atoms with Gasteiger partial charge in [-0.3, -0.25) is 18.7 Å². The summed E-state index contributed by atoms with van der Waals surface area (Å²) in [6.45, 7) is 0. The Bertz CT molecular complexity index is 911. The second kappa shape index (κ2) is 5.42. The highest BCUT2D eigenvalue weighted by Crippen LogP contribution is 2.35. The maximum Gasteiger partial charge on any atom is 0.332 e. The average Bonchev–Trinajstić information content (AvgIpc) is 2.57. The zero-order valence-electron chi connectivity index (χ0n) is 13.1. The van der Waals surface area contributed by atoms with Crippen molar-refractivity contribution in [3.63, 3.8) is 0 Å². The van der Waals surface area contributed by atoms with Crippen LogP contribution in [0, 0.1) is 0 Å².